The average Bonchev–Trinajstić information content (AvgIpc) is 3.07. The minimum atomic E-state index is -0.973. The van der Waals surface area contributed by atoms with Crippen molar-refractivity contribution in [2.24, 2.45) is 0 Å². The lowest BCUT2D eigenvalue weighted by Crippen LogP contribution is -2.42. The summed E-state index contributed by atoms with van der Waals surface area (Å²) in [7, 11) is 0. The van der Waals surface area contributed by atoms with Gasteiger partial charge in [0.15, 0.2) is 0 Å². The van der Waals surface area contributed by atoms with Crippen molar-refractivity contribution in [3.05, 3.63) is 69.7 Å². The summed E-state index contributed by atoms with van der Waals surface area (Å²) in [4.78, 5) is 37.3. The summed E-state index contributed by atoms with van der Waals surface area (Å²) in [5.74, 6) is -1.75. The highest BCUT2D eigenvalue weighted by Gasteiger charge is 2.35. The van der Waals surface area contributed by atoms with Gasteiger partial charge in [0, 0.05) is 41.4 Å². The zero-order valence-electron chi connectivity index (χ0n) is 15.5. The largest absolute Gasteiger partial charge is 0.481 e. The number of likely N-dealkylation sites (tertiary alicyclic amines) is 1. The van der Waals surface area contributed by atoms with Gasteiger partial charge >= 0.3 is 12.0 Å². The van der Waals surface area contributed by atoms with E-state index in [9.17, 15) is 19.5 Å². The first-order valence-corrected chi connectivity index (χ1v) is 9.90. The van der Waals surface area contributed by atoms with Crippen LogP contribution < -0.4 is 5.32 Å². The van der Waals surface area contributed by atoms with E-state index < -0.39 is 17.9 Å². The van der Waals surface area contributed by atoms with Crippen molar-refractivity contribution in [1.82, 2.24) is 10.2 Å². The number of urea groups is 1. The number of benzene rings is 2. The molecule has 1 aliphatic heterocycles. The van der Waals surface area contributed by atoms with Gasteiger partial charge in [-0.25, -0.2) is 4.79 Å². The van der Waals surface area contributed by atoms with Crippen LogP contribution in [0.1, 0.15) is 35.8 Å². The molecule has 2 aromatic carbocycles. The number of nitrogens with zero attached hydrogens (tertiary/aromatic N) is 1. The molecule has 2 aromatic rings. The SMILES string of the molecule is O=C(O)C[C@@H](CNC(=O)N1C[C@@H](c2ccc(Cl)cc2)CC1=O)c1ccc(Cl)cc1. The summed E-state index contributed by atoms with van der Waals surface area (Å²) in [5.41, 5.74) is 1.70. The van der Waals surface area contributed by atoms with Crippen molar-refractivity contribution in [2.45, 2.75) is 24.7 Å². The number of rotatable bonds is 6. The number of carbonyl (C=O) groups excluding carboxylic acids is 2. The van der Waals surface area contributed by atoms with Crippen LogP contribution in [0.2, 0.25) is 10.0 Å². The van der Waals surface area contributed by atoms with Crippen molar-refractivity contribution in [2.75, 3.05) is 13.1 Å². The predicted octanol–water partition coefficient (Wildman–Crippen LogP) is 4.28. The van der Waals surface area contributed by atoms with E-state index >= 15 is 0 Å². The molecule has 1 heterocycles. The van der Waals surface area contributed by atoms with Gasteiger partial charge in [-0.15, -0.1) is 0 Å². The van der Waals surface area contributed by atoms with Gasteiger partial charge in [0.05, 0.1) is 6.42 Å². The molecule has 0 unspecified atom stereocenters. The Morgan fingerprint density at radius 2 is 1.66 bits per heavy atom. The van der Waals surface area contributed by atoms with Crippen molar-refractivity contribution in [3.63, 3.8) is 0 Å². The highest BCUT2D eigenvalue weighted by molar-refractivity contribution is 6.30. The molecule has 2 N–H and O–H groups in total. The first kappa shape index (κ1) is 21.1. The molecule has 0 saturated carbocycles. The van der Waals surface area contributed by atoms with E-state index in [1.165, 1.54) is 4.90 Å². The molecule has 152 valence electrons. The molecule has 0 radical (unpaired) electrons. The Morgan fingerprint density at radius 3 is 2.24 bits per heavy atom. The summed E-state index contributed by atoms with van der Waals surface area (Å²) in [6.45, 7) is 0.374. The number of halogens is 2. The van der Waals surface area contributed by atoms with Gasteiger partial charge in [0.1, 0.15) is 0 Å². The van der Waals surface area contributed by atoms with Crippen LogP contribution in [-0.4, -0.2) is 41.0 Å². The number of carboxylic acids is 1. The van der Waals surface area contributed by atoms with Crippen LogP contribution in [0.15, 0.2) is 48.5 Å². The highest BCUT2D eigenvalue weighted by Crippen LogP contribution is 2.29. The van der Waals surface area contributed by atoms with E-state index in [0.717, 1.165) is 11.1 Å². The Labute approximate surface area is 178 Å². The molecule has 2 atom stereocenters. The fourth-order valence-electron chi connectivity index (χ4n) is 3.42. The Morgan fingerprint density at radius 1 is 1.07 bits per heavy atom. The molecular formula is C21H20Cl2N2O4. The minimum absolute atomic E-state index is 0.0865. The van der Waals surface area contributed by atoms with Gasteiger partial charge in [-0.05, 0) is 35.4 Å². The molecule has 0 bridgehead atoms. The van der Waals surface area contributed by atoms with Gasteiger partial charge in [-0.2, -0.15) is 0 Å². The maximum Gasteiger partial charge on any atom is 0.324 e. The Bertz CT molecular complexity index is 900. The molecule has 3 amide bonds. The number of carbonyl (C=O) groups is 3. The fraction of sp³-hybridized carbons (Fsp3) is 0.286. The Kier molecular flexibility index (Phi) is 6.77. The Hall–Kier alpha value is -2.57. The van der Waals surface area contributed by atoms with Crippen molar-refractivity contribution in [1.29, 1.82) is 0 Å². The third-order valence-corrected chi connectivity index (χ3v) is 5.48. The molecule has 1 fully saturated rings. The number of aliphatic carboxylic acids is 1. The van der Waals surface area contributed by atoms with E-state index in [2.05, 4.69) is 5.32 Å². The summed E-state index contributed by atoms with van der Waals surface area (Å²) in [6.07, 6.45) is 0.0913. The summed E-state index contributed by atoms with van der Waals surface area (Å²) in [5, 5.41) is 13.0. The van der Waals surface area contributed by atoms with Gasteiger partial charge < -0.3 is 10.4 Å². The molecule has 0 spiro atoms. The van der Waals surface area contributed by atoms with E-state index in [4.69, 9.17) is 23.2 Å². The smallest absolute Gasteiger partial charge is 0.324 e. The second kappa shape index (κ2) is 9.29. The zero-order valence-corrected chi connectivity index (χ0v) is 17.0. The number of carboxylic acid groups (broad SMARTS) is 1. The summed E-state index contributed by atoms with van der Waals surface area (Å²) >= 11 is 11.8. The van der Waals surface area contributed by atoms with E-state index in [1.807, 2.05) is 12.1 Å². The van der Waals surface area contributed by atoms with Crippen LogP contribution in [0.4, 0.5) is 4.79 Å². The first-order chi connectivity index (χ1) is 13.8. The van der Waals surface area contributed by atoms with Crippen LogP contribution in [0.3, 0.4) is 0 Å². The van der Waals surface area contributed by atoms with Crippen LogP contribution in [0.5, 0.6) is 0 Å². The Balaban J connectivity index is 1.63. The third-order valence-electron chi connectivity index (χ3n) is 4.97. The van der Waals surface area contributed by atoms with Gasteiger partial charge in [0.2, 0.25) is 5.91 Å². The number of hydrogen-bond acceptors (Lipinski definition) is 3. The molecule has 0 aromatic heterocycles. The van der Waals surface area contributed by atoms with Gasteiger partial charge in [-0.3, -0.25) is 14.5 Å². The van der Waals surface area contributed by atoms with E-state index in [-0.39, 0.29) is 37.8 Å². The molecule has 29 heavy (non-hydrogen) atoms. The van der Waals surface area contributed by atoms with E-state index in [0.29, 0.717) is 10.0 Å². The molecule has 3 rings (SSSR count). The summed E-state index contributed by atoms with van der Waals surface area (Å²) < 4.78 is 0. The number of imide groups is 1. The number of hydrogen-bond donors (Lipinski definition) is 2. The fourth-order valence-corrected chi connectivity index (χ4v) is 3.67. The second-order valence-electron chi connectivity index (χ2n) is 6.99. The second-order valence-corrected chi connectivity index (χ2v) is 7.86. The first-order valence-electron chi connectivity index (χ1n) is 9.14. The topological polar surface area (TPSA) is 86.7 Å². The van der Waals surface area contributed by atoms with Gasteiger partial charge in [0.25, 0.3) is 0 Å². The van der Waals surface area contributed by atoms with E-state index in [1.54, 1.807) is 36.4 Å². The molecule has 0 aliphatic carbocycles. The standard InChI is InChI=1S/C21H20Cl2N2O4/c22-17-5-1-13(2-6-17)15(10-20(27)28)11-24-21(29)25-12-16(9-19(25)26)14-3-7-18(23)8-4-14/h1-8,15-16H,9-12H2,(H,24,29)(H,27,28)/t15-,16-/m0/s1. The molecule has 1 saturated heterocycles. The van der Waals surface area contributed by atoms with Crippen LogP contribution in [0.25, 0.3) is 0 Å². The predicted molar refractivity (Wildman–Crippen MR) is 110 cm³/mol. The van der Waals surface area contributed by atoms with Crippen LogP contribution in [-0.2, 0) is 9.59 Å². The van der Waals surface area contributed by atoms with Crippen molar-refractivity contribution < 1.29 is 19.5 Å². The normalized spacial score (nSPS) is 17.2. The van der Waals surface area contributed by atoms with Crippen LogP contribution >= 0.6 is 23.2 Å². The maximum absolute atomic E-state index is 12.6. The maximum atomic E-state index is 12.6. The van der Waals surface area contributed by atoms with Crippen molar-refractivity contribution >= 4 is 41.1 Å². The summed E-state index contributed by atoms with van der Waals surface area (Å²) in [6, 6.07) is 13.5. The molecular weight excluding hydrogens is 415 g/mol. The minimum Gasteiger partial charge on any atom is -0.481 e. The molecule has 1 aliphatic rings. The number of nitrogens with one attached hydrogen (secondary N) is 1. The van der Waals surface area contributed by atoms with Crippen LogP contribution in [0, 0.1) is 0 Å². The average molecular weight is 435 g/mol. The number of amides is 3. The highest BCUT2D eigenvalue weighted by atomic mass is 35.5. The quantitative estimate of drug-likeness (QED) is 0.709. The molecule has 8 heteroatoms. The van der Waals surface area contributed by atoms with Gasteiger partial charge in [-0.1, -0.05) is 47.5 Å². The lowest BCUT2D eigenvalue weighted by molar-refractivity contribution is -0.137. The molecule has 6 nitrogen and oxygen atoms in total. The lowest BCUT2D eigenvalue weighted by Gasteiger charge is -2.20. The third kappa shape index (κ3) is 5.49. The van der Waals surface area contributed by atoms with Crippen molar-refractivity contribution in [3.8, 4) is 0 Å². The lowest BCUT2D eigenvalue weighted by atomic mass is 9.96. The monoisotopic (exact) mass is 434 g/mol. The zero-order chi connectivity index (χ0) is 21.0.